The SMILES string of the molecule is C=Cc1cnc(C2CCC3(CC2)OCCO3)cc1C=C. The molecule has 2 fully saturated rings. The van der Waals surface area contributed by atoms with Gasteiger partial charge in [-0.05, 0) is 30.0 Å². The van der Waals surface area contributed by atoms with Gasteiger partial charge in [-0.25, -0.2) is 0 Å². The highest BCUT2D eigenvalue weighted by Gasteiger charge is 2.40. The molecule has 1 aliphatic heterocycles. The largest absolute Gasteiger partial charge is 0.348 e. The molecule has 1 spiro atoms. The van der Waals surface area contributed by atoms with Crippen LogP contribution in [-0.2, 0) is 9.47 Å². The number of hydrogen-bond acceptors (Lipinski definition) is 3. The zero-order chi connectivity index (χ0) is 14.0. The molecular weight excluding hydrogens is 250 g/mol. The number of ether oxygens (including phenoxy) is 2. The molecule has 0 amide bonds. The number of nitrogens with zero attached hydrogens (tertiary/aromatic N) is 1. The smallest absolute Gasteiger partial charge is 0.168 e. The third kappa shape index (κ3) is 2.43. The molecule has 2 heterocycles. The van der Waals surface area contributed by atoms with E-state index in [-0.39, 0.29) is 5.79 Å². The molecular formula is C17H21NO2. The molecule has 1 aromatic rings. The van der Waals surface area contributed by atoms with Crippen molar-refractivity contribution in [1.29, 1.82) is 0 Å². The number of hydrogen-bond donors (Lipinski definition) is 0. The van der Waals surface area contributed by atoms with Crippen molar-refractivity contribution in [3.05, 3.63) is 42.2 Å². The van der Waals surface area contributed by atoms with Gasteiger partial charge in [-0.15, -0.1) is 0 Å². The second-order valence-electron chi connectivity index (χ2n) is 5.53. The van der Waals surface area contributed by atoms with Crippen molar-refractivity contribution in [3.8, 4) is 0 Å². The van der Waals surface area contributed by atoms with E-state index in [9.17, 15) is 0 Å². The molecule has 0 aromatic carbocycles. The van der Waals surface area contributed by atoms with Gasteiger partial charge in [0.25, 0.3) is 0 Å². The Balaban J connectivity index is 1.74. The zero-order valence-electron chi connectivity index (χ0n) is 11.8. The Morgan fingerprint density at radius 2 is 1.75 bits per heavy atom. The molecule has 1 saturated carbocycles. The summed E-state index contributed by atoms with van der Waals surface area (Å²) >= 11 is 0. The molecule has 0 atom stereocenters. The molecule has 1 aliphatic carbocycles. The summed E-state index contributed by atoms with van der Waals surface area (Å²) in [6.07, 6.45) is 9.65. The van der Waals surface area contributed by atoms with E-state index in [0.29, 0.717) is 5.92 Å². The molecule has 3 nitrogen and oxygen atoms in total. The Morgan fingerprint density at radius 3 is 2.35 bits per heavy atom. The van der Waals surface area contributed by atoms with Crippen molar-refractivity contribution < 1.29 is 9.47 Å². The lowest BCUT2D eigenvalue weighted by molar-refractivity contribution is -0.178. The second kappa shape index (κ2) is 5.51. The lowest BCUT2D eigenvalue weighted by atomic mass is 9.82. The lowest BCUT2D eigenvalue weighted by Gasteiger charge is -2.35. The standard InChI is InChI=1S/C17H21NO2/c1-3-13-11-16(18-12-14(13)4-2)15-5-7-17(8-6-15)19-9-10-20-17/h3-4,11-12,15H,1-2,5-10H2. The summed E-state index contributed by atoms with van der Waals surface area (Å²) in [6, 6.07) is 2.14. The first-order chi connectivity index (χ1) is 9.76. The van der Waals surface area contributed by atoms with Gasteiger partial charge in [-0.3, -0.25) is 4.98 Å². The fraction of sp³-hybridized carbons (Fsp3) is 0.471. The maximum Gasteiger partial charge on any atom is 0.168 e. The van der Waals surface area contributed by atoms with Gasteiger partial charge in [0.05, 0.1) is 13.2 Å². The fourth-order valence-electron chi connectivity index (χ4n) is 3.21. The highest BCUT2D eigenvalue weighted by atomic mass is 16.7. The van der Waals surface area contributed by atoms with Crippen LogP contribution in [0.5, 0.6) is 0 Å². The van der Waals surface area contributed by atoms with Crippen LogP contribution in [0.4, 0.5) is 0 Å². The van der Waals surface area contributed by atoms with Crippen molar-refractivity contribution >= 4 is 12.2 Å². The lowest BCUT2D eigenvalue weighted by Crippen LogP contribution is -2.34. The van der Waals surface area contributed by atoms with Gasteiger partial charge in [-0.1, -0.05) is 25.3 Å². The zero-order valence-corrected chi connectivity index (χ0v) is 11.8. The summed E-state index contributed by atoms with van der Waals surface area (Å²) in [7, 11) is 0. The van der Waals surface area contributed by atoms with E-state index in [1.807, 2.05) is 18.3 Å². The highest BCUT2D eigenvalue weighted by Crippen LogP contribution is 2.42. The van der Waals surface area contributed by atoms with Crippen LogP contribution in [0.15, 0.2) is 25.4 Å². The first kappa shape index (κ1) is 13.5. The van der Waals surface area contributed by atoms with Crippen molar-refractivity contribution in [1.82, 2.24) is 4.98 Å². The van der Waals surface area contributed by atoms with Crippen molar-refractivity contribution in [2.45, 2.75) is 37.4 Å². The Labute approximate surface area is 120 Å². The minimum atomic E-state index is -0.293. The van der Waals surface area contributed by atoms with E-state index >= 15 is 0 Å². The highest BCUT2D eigenvalue weighted by molar-refractivity contribution is 5.63. The number of pyridine rings is 1. The van der Waals surface area contributed by atoms with Crippen LogP contribution in [-0.4, -0.2) is 24.0 Å². The quantitative estimate of drug-likeness (QED) is 0.838. The van der Waals surface area contributed by atoms with Crippen LogP contribution in [0.1, 0.15) is 48.4 Å². The van der Waals surface area contributed by atoms with Gasteiger partial charge in [0.15, 0.2) is 5.79 Å². The average Bonchev–Trinajstić information content (AvgIpc) is 2.95. The summed E-state index contributed by atoms with van der Waals surface area (Å²) in [5.41, 5.74) is 3.30. The van der Waals surface area contributed by atoms with E-state index in [1.165, 1.54) is 0 Å². The monoisotopic (exact) mass is 271 g/mol. The molecule has 1 saturated heterocycles. The maximum absolute atomic E-state index is 5.77. The van der Waals surface area contributed by atoms with Crippen LogP contribution in [0.25, 0.3) is 12.2 Å². The molecule has 0 N–H and O–H groups in total. The predicted molar refractivity (Wildman–Crippen MR) is 80.3 cm³/mol. The summed E-state index contributed by atoms with van der Waals surface area (Å²) < 4.78 is 11.5. The maximum atomic E-state index is 5.77. The second-order valence-corrected chi connectivity index (χ2v) is 5.53. The average molecular weight is 271 g/mol. The minimum absolute atomic E-state index is 0.293. The van der Waals surface area contributed by atoms with Crippen molar-refractivity contribution in [2.24, 2.45) is 0 Å². The first-order valence-corrected chi connectivity index (χ1v) is 7.29. The van der Waals surface area contributed by atoms with Gasteiger partial charge in [0.1, 0.15) is 0 Å². The van der Waals surface area contributed by atoms with E-state index in [0.717, 1.165) is 55.7 Å². The molecule has 3 heteroatoms. The number of rotatable bonds is 3. The van der Waals surface area contributed by atoms with Crippen molar-refractivity contribution in [2.75, 3.05) is 13.2 Å². The predicted octanol–water partition coefficient (Wildman–Crippen LogP) is 3.77. The molecule has 3 rings (SSSR count). The van der Waals surface area contributed by atoms with Crippen LogP contribution in [0.2, 0.25) is 0 Å². The van der Waals surface area contributed by atoms with E-state index in [2.05, 4.69) is 24.2 Å². The Morgan fingerprint density at radius 1 is 1.10 bits per heavy atom. The number of aromatic nitrogens is 1. The van der Waals surface area contributed by atoms with Crippen LogP contribution >= 0.6 is 0 Å². The Bertz CT molecular complexity index is 508. The molecule has 20 heavy (non-hydrogen) atoms. The van der Waals surface area contributed by atoms with Gasteiger partial charge in [-0.2, -0.15) is 0 Å². The third-order valence-electron chi connectivity index (χ3n) is 4.41. The summed E-state index contributed by atoms with van der Waals surface area (Å²) in [6.45, 7) is 9.14. The summed E-state index contributed by atoms with van der Waals surface area (Å²) in [5.74, 6) is 0.199. The molecule has 106 valence electrons. The van der Waals surface area contributed by atoms with Gasteiger partial charge in [0.2, 0.25) is 0 Å². The summed E-state index contributed by atoms with van der Waals surface area (Å²) in [4.78, 5) is 4.60. The van der Waals surface area contributed by atoms with Crippen LogP contribution < -0.4 is 0 Å². The summed E-state index contributed by atoms with van der Waals surface area (Å²) in [5, 5.41) is 0. The fourth-order valence-corrected chi connectivity index (χ4v) is 3.21. The topological polar surface area (TPSA) is 31.4 Å². The van der Waals surface area contributed by atoms with E-state index < -0.39 is 0 Å². The van der Waals surface area contributed by atoms with Crippen molar-refractivity contribution in [3.63, 3.8) is 0 Å². The first-order valence-electron chi connectivity index (χ1n) is 7.29. The Hall–Kier alpha value is -1.45. The molecule has 0 radical (unpaired) electrons. The van der Waals surface area contributed by atoms with Gasteiger partial charge >= 0.3 is 0 Å². The van der Waals surface area contributed by atoms with E-state index in [4.69, 9.17) is 9.47 Å². The van der Waals surface area contributed by atoms with Crippen LogP contribution in [0, 0.1) is 0 Å². The third-order valence-corrected chi connectivity index (χ3v) is 4.41. The normalized spacial score (nSPS) is 22.0. The molecule has 1 aromatic heterocycles. The van der Waals surface area contributed by atoms with Gasteiger partial charge < -0.3 is 9.47 Å². The molecule has 0 unspecified atom stereocenters. The van der Waals surface area contributed by atoms with E-state index in [1.54, 1.807) is 0 Å². The van der Waals surface area contributed by atoms with Crippen LogP contribution in [0.3, 0.4) is 0 Å². The Kier molecular flexibility index (Phi) is 3.72. The molecule has 2 aliphatic rings. The minimum Gasteiger partial charge on any atom is -0.348 e. The molecule has 0 bridgehead atoms. The van der Waals surface area contributed by atoms with Gasteiger partial charge in [0, 0.05) is 30.7 Å².